The highest BCUT2D eigenvalue weighted by molar-refractivity contribution is 6.16. The molecule has 0 amide bonds. The molecule has 9 nitrogen and oxygen atoms in total. The molecule has 1 unspecified atom stereocenters. The third-order valence-electron chi connectivity index (χ3n) is 3.04. The van der Waals surface area contributed by atoms with Gasteiger partial charge in [-0.2, -0.15) is 5.43 Å². The Morgan fingerprint density at radius 1 is 1.17 bits per heavy atom. The molecular formula is C14H14N2O7. The summed E-state index contributed by atoms with van der Waals surface area (Å²) >= 11 is 0. The quantitative estimate of drug-likeness (QED) is 0.375. The van der Waals surface area contributed by atoms with Gasteiger partial charge in [-0.1, -0.05) is 6.07 Å². The third-order valence-corrected chi connectivity index (χ3v) is 3.04. The maximum atomic E-state index is 11.1. The summed E-state index contributed by atoms with van der Waals surface area (Å²) in [6.07, 6.45) is 2.55. The monoisotopic (exact) mass is 322 g/mol. The second-order valence-corrected chi connectivity index (χ2v) is 4.37. The molecule has 0 saturated carbocycles. The van der Waals surface area contributed by atoms with Gasteiger partial charge in [0.2, 0.25) is 5.78 Å². The molecule has 2 aliphatic rings. The van der Waals surface area contributed by atoms with Crippen molar-refractivity contribution in [3.05, 3.63) is 41.6 Å². The molecule has 0 saturated heterocycles. The van der Waals surface area contributed by atoms with Crippen molar-refractivity contribution in [2.24, 2.45) is 0 Å². The van der Waals surface area contributed by atoms with E-state index in [4.69, 9.17) is 9.84 Å². The lowest BCUT2D eigenvalue weighted by Crippen LogP contribution is -2.59. The van der Waals surface area contributed by atoms with E-state index < -0.39 is 23.6 Å². The number of fused-ring (bicyclic) bond motifs is 1. The van der Waals surface area contributed by atoms with E-state index in [2.05, 4.69) is 20.3 Å². The predicted molar refractivity (Wildman–Crippen MR) is 75.1 cm³/mol. The van der Waals surface area contributed by atoms with Gasteiger partial charge in [0.25, 0.3) is 0 Å². The molecule has 0 radical (unpaired) electrons. The molecule has 0 bridgehead atoms. The van der Waals surface area contributed by atoms with Gasteiger partial charge in [-0.05, 0) is 12.1 Å². The molecule has 1 atom stereocenters. The number of carbonyl (C=O) groups excluding carboxylic acids is 3. The molecule has 1 aromatic rings. The fourth-order valence-electron chi connectivity index (χ4n) is 1.86. The number of aliphatic hydroxyl groups is 1. The molecule has 9 heteroatoms. The molecule has 0 fully saturated rings. The highest BCUT2D eigenvalue weighted by atomic mass is 16.6. The molecule has 23 heavy (non-hydrogen) atoms. The minimum Gasteiger partial charge on any atom is -0.496 e. The van der Waals surface area contributed by atoms with Gasteiger partial charge in [0.1, 0.15) is 11.3 Å². The maximum Gasteiger partial charge on any atom is 0.350 e. The van der Waals surface area contributed by atoms with Gasteiger partial charge in [-0.15, -0.1) is 0 Å². The lowest BCUT2D eigenvalue weighted by molar-refractivity contribution is -0.209. The normalized spacial score (nSPS) is 21.8. The smallest absolute Gasteiger partial charge is 0.350 e. The summed E-state index contributed by atoms with van der Waals surface area (Å²) in [5.74, 6) is -3.33. The highest BCUT2D eigenvalue weighted by Crippen LogP contribution is 2.28. The first-order valence-electron chi connectivity index (χ1n) is 6.37. The number of hydrogen-bond acceptors (Lipinski definition) is 9. The number of benzene rings is 1. The van der Waals surface area contributed by atoms with E-state index in [9.17, 15) is 14.4 Å². The van der Waals surface area contributed by atoms with E-state index in [1.165, 1.54) is 32.6 Å². The Morgan fingerprint density at radius 3 is 2.48 bits per heavy atom. The van der Waals surface area contributed by atoms with Crippen molar-refractivity contribution in [2.75, 3.05) is 14.2 Å². The first kappa shape index (κ1) is 16.6. The first-order valence-corrected chi connectivity index (χ1v) is 6.37. The summed E-state index contributed by atoms with van der Waals surface area (Å²) in [7, 11) is 2.66. The van der Waals surface area contributed by atoms with Crippen LogP contribution >= 0.6 is 0 Å². The van der Waals surface area contributed by atoms with Crippen LogP contribution in [0.25, 0.3) is 0 Å². The van der Waals surface area contributed by atoms with Crippen molar-refractivity contribution in [2.45, 2.75) is 5.91 Å². The second-order valence-electron chi connectivity index (χ2n) is 4.37. The van der Waals surface area contributed by atoms with E-state index in [-0.39, 0.29) is 11.1 Å². The number of rotatable bonds is 2. The number of ketones is 1. The minimum absolute atomic E-state index is 0.218. The number of cyclic esters (lactones) is 2. The molecule has 3 rings (SSSR count). The van der Waals surface area contributed by atoms with Crippen LogP contribution in [0.4, 0.5) is 0 Å². The van der Waals surface area contributed by atoms with Gasteiger partial charge in [-0.3, -0.25) is 4.79 Å². The average molecular weight is 322 g/mol. The van der Waals surface area contributed by atoms with Crippen molar-refractivity contribution in [1.82, 2.24) is 10.9 Å². The number of esters is 2. The number of methoxy groups -OCH3 is 2. The first-order chi connectivity index (χ1) is 10.9. The Morgan fingerprint density at radius 2 is 1.91 bits per heavy atom. The van der Waals surface area contributed by atoms with Gasteiger partial charge < -0.3 is 24.7 Å². The molecule has 1 aromatic carbocycles. The van der Waals surface area contributed by atoms with Crippen molar-refractivity contribution in [1.29, 1.82) is 0 Å². The molecule has 2 aliphatic heterocycles. The zero-order chi connectivity index (χ0) is 17.0. The Bertz CT molecular complexity index is 686. The Kier molecular flexibility index (Phi) is 4.74. The van der Waals surface area contributed by atoms with Crippen LogP contribution < -0.4 is 15.6 Å². The summed E-state index contributed by atoms with van der Waals surface area (Å²) < 4.78 is 13.8. The fourth-order valence-corrected chi connectivity index (χ4v) is 1.86. The van der Waals surface area contributed by atoms with E-state index >= 15 is 0 Å². The van der Waals surface area contributed by atoms with Crippen LogP contribution in [0.5, 0.6) is 5.75 Å². The summed E-state index contributed by atoms with van der Waals surface area (Å²) in [5, 5.41) is 9.15. The number of carbonyl (C=O) groups is 3. The van der Waals surface area contributed by atoms with Gasteiger partial charge in [0.05, 0.1) is 12.7 Å². The van der Waals surface area contributed by atoms with Crippen LogP contribution in [0.15, 0.2) is 30.5 Å². The van der Waals surface area contributed by atoms with Gasteiger partial charge in [0.15, 0.2) is 0 Å². The molecule has 0 aromatic heterocycles. The molecule has 3 N–H and O–H groups in total. The Hall–Kier alpha value is -2.75. The molecular weight excluding hydrogens is 308 g/mol. The van der Waals surface area contributed by atoms with Crippen LogP contribution in [-0.2, 0) is 14.3 Å². The maximum absolute atomic E-state index is 11.1. The second kappa shape index (κ2) is 6.57. The van der Waals surface area contributed by atoms with E-state index in [1.807, 2.05) is 0 Å². The Balaban J connectivity index is 0.000000174. The number of ether oxygens (including phenoxy) is 3. The van der Waals surface area contributed by atoms with Gasteiger partial charge in [-0.25, -0.2) is 9.59 Å². The highest BCUT2D eigenvalue weighted by Gasteiger charge is 2.35. The van der Waals surface area contributed by atoms with Crippen molar-refractivity contribution < 1.29 is 33.7 Å². The predicted octanol–water partition coefficient (Wildman–Crippen LogP) is -0.525. The topological polar surface area (TPSA) is 123 Å². The summed E-state index contributed by atoms with van der Waals surface area (Å²) in [5.41, 5.74) is 5.16. The van der Waals surface area contributed by atoms with E-state index in [0.717, 1.165) is 0 Å². The van der Waals surface area contributed by atoms with Crippen LogP contribution in [0.2, 0.25) is 0 Å². The van der Waals surface area contributed by atoms with Crippen molar-refractivity contribution in [3.8, 4) is 5.75 Å². The number of nitrogens with one attached hydrogen (secondary N) is 2. The van der Waals surface area contributed by atoms with Crippen LogP contribution in [0.3, 0.4) is 0 Å². The summed E-state index contributed by atoms with van der Waals surface area (Å²) in [6, 6.07) is 4.78. The Labute approximate surface area is 130 Å². The largest absolute Gasteiger partial charge is 0.496 e. The van der Waals surface area contributed by atoms with Crippen LogP contribution in [-0.4, -0.2) is 43.0 Å². The number of hydrogen-bond donors (Lipinski definition) is 3. The zero-order valence-corrected chi connectivity index (χ0v) is 12.3. The lowest BCUT2D eigenvalue weighted by atomic mass is 10.1. The zero-order valence-electron chi connectivity index (χ0n) is 12.3. The SMILES string of the molecule is COC1(O)NNC=CC1=O.COc1cccc2c1C(=O)OC2=O. The summed E-state index contributed by atoms with van der Waals surface area (Å²) in [4.78, 5) is 33.0. The van der Waals surface area contributed by atoms with Gasteiger partial charge in [0, 0.05) is 19.4 Å². The number of hydrazine groups is 1. The van der Waals surface area contributed by atoms with Gasteiger partial charge >= 0.3 is 17.8 Å². The molecule has 122 valence electrons. The molecule has 0 spiro atoms. The fraction of sp³-hybridized carbons (Fsp3) is 0.214. The van der Waals surface area contributed by atoms with E-state index in [1.54, 1.807) is 12.1 Å². The van der Waals surface area contributed by atoms with Crippen LogP contribution in [0, 0.1) is 0 Å². The minimum atomic E-state index is -1.91. The standard InChI is InChI=1S/C9H6O4.C5H8N2O3/c1-12-6-4-2-3-5-7(6)9(11)13-8(5)10;1-10-5(9)4(8)2-3-6-7-5/h2-4H,1H3;2-3,6-7,9H,1H3. The van der Waals surface area contributed by atoms with E-state index in [0.29, 0.717) is 5.75 Å². The van der Waals surface area contributed by atoms with Crippen molar-refractivity contribution >= 4 is 17.7 Å². The van der Waals surface area contributed by atoms with Crippen molar-refractivity contribution in [3.63, 3.8) is 0 Å². The lowest BCUT2D eigenvalue weighted by Gasteiger charge is -2.26. The molecule has 2 heterocycles. The van der Waals surface area contributed by atoms with Crippen LogP contribution in [0.1, 0.15) is 20.7 Å². The summed E-state index contributed by atoms with van der Waals surface area (Å²) in [6.45, 7) is 0. The average Bonchev–Trinajstić information content (AvgIpc) is 2.86. The molecule has 0 aliphatic carbocycles. The third kappa shape index (κ3) is 3.21.